The highest BCUT2D eigenvalue weighted by Crippen LogP contribution is 2.12. The van der Waals surface area contributed by atoms with Crippen LogP contribution < -0.4 is 5.32 Å². The highest BCUT2D eigenvalue weighted by molar-refractivity contribution is 9.10. The molecule has 2 aromatic carbocycles. The Morgan fingerprint density at radius 1 is 1.14 bits per heavy atom. The van der Waals surface area contributed by atoms with E-state index in [1.165, 1.54) is 12.1 Å². The zero-order valence-electron chi connectivity index (χ0n) is 11.3. The van der Waals surface area contributed by atoms with Crippen molar-refractivity contribution in [1.82, 2.24) is 5.32 Å². The lowest BCUT2D eigenvalue weighted by atomic mass is 10.2. The molecule has 4 nitrogen and oxygen atoms in total. The van der Waals surface area contributed by atoms with Crippen LogP contribution in [0.3, 0.4) is 0 Å². The van der Waals surface area contributed by atoms with Crippen molar-refractivity contribution in [2.45, 2.75) is 11.4 Å². The fraction of sp³-hybridized carbons (Fsp3) is 0.133. The molecule has 0 saturated heterocycles. The van der Waals surface area contributed by atoms with Gasteiger partial charge in [-0.2, -0.15) is 0 Å². The van der Waals surface area contributed by atoms with Crippen molar-refractivity contribution in [1.29, 1.82) is 0 Å². The topological polar surface area (TPSA) is 63.2 Å². The highest BCUT2D eigenvalue weighted by atomic mass is 79.9. The smallest absolute Gasteiger partial charge is 0.251 e. The van der Waals surface area contributed by atoms with Gasteiger partial charge < -0.3 is 5.32 Å². The number of amides is 1. The first-order valence-corrected chi connectivity index (χ1v) is 8.87. The third kappa shape index (κ3) is 4.41. The first-order valence-electron chi connectivity index (χ1n) is 6.19. The molecular weight excluding hydrogens is 354 g/mol. The summed E-state index contributed by atoms with van der Waals surface area (Å²) in [5, 5.41) is 2.76. The van der Waals surface area contributed by atoms with Gasteiger partial charge in [0.25, 0.3) is 5.91 Å². The molecule has 2 rings (SSSR count). The Labute approximate surface area is 132 Å². The van der Waals surface area contributed by atoms with Crippen LogP contribution in [0.5, 0.6) is 0 Å². The van der Waals surface area contributed by atoms with Gasteiger partial charge in [-0.25, -0.2) is 8.42 Å². The summed E-state index contributed by atoms with van der Waals surface area (Å²) in [6.07, 6.45) is 1.12. The molecule has 0 aliphatic heterocycles. The van der Waals surface area contributed by atoms with E-state index in [1.54, 1.807) is 12.1 Å². The van der Waals surface area contributed by atoms with Gasteiger partial charge in [0, 0.05) is 22.8 Å². The van der Waals surface area contributed by atoms with Crippen molar-refractivity contribution in [2.24, 2.45) is 0 Å². The van der Waals surface area contributed by atoms with E-state index in [2.05, 4.69) is 21.2 Å². The first kappa shape index (κ1) is 15.7. The van der Waals surface area contributed by atoms with Gasteiger partial charge in [-0.05, 0) is 35.9 Å². The predicted molar refractivity (Wildman–Crippen MR) is 84.9 cm³/mol. The summed E-state index contributed by atoms with van der Waals surface area (Å²) in [5.41, 5.74) is 1.29. The fourth-order valence-corrected chi connectivity index (χ4v) is 2.69. The number of sulfone groups is 1. The number of hydrogen-bond acceptors (Lipinski definition) is 3. The Kier molecular flexibility index (Phi) is 4.80. The van der Waals surface area contributed by atoms with Crippen LogP contribution in [0.25, 0.3) is 0 Å². The molecule has 1 amide bonds. The van der Waals surface area contributed by atoms with Crippen molar-refractivity contribution >= 4 is 31.7 Å². The number of carbonyl (C=O) groups is 1. The Balaban J connectivity index is 2.08. The minimum absolute atomic E-state index is 0.138. The molecule has 0 aliphatic rings. The maximum Gasteiger partial charge on any atom is 0.251 e. The van der Waals surface area contributed by atoms with E-state index in [9.17, 15) is 13.2 Å². The maximum atomic E-state index is 12.0. The quantitative estimate of drug-likeness (QED) is 0.903. The maximum absolute atomic E-state index is 12.0. The second kappa shape index (κ2) is 6.41. The third-order valence-electron chi connectivity index (χ3n) is 2.89. The molecule has 0 heterocycles. The zero-order chi connectivity index (χ0) is 15.5. The molecule has 2 aromatic rings. The molecular formula is C15H14BrNO3S. The van der Waals surface area contributed by atoms with Gasteiger partial charge in [-0.1, -0.05) is 34.1 Å². The summed E-state index contributed by atoms with van der Waals surface area (Å²) < 4.78 is 23.9. The van der Waals surface area contributed by atoms with Gasteiger partial charge in [0.05, 0.1) is 4.90 Å². The van der Waals surface area contributed by atoms with Gasteiger partial charge in [-0.15, -0.1) is 0 Å². The Morgan fingerprint density at radius 2 is 1.81 bits per heavy atom. The number of benzene rings is 2. The zero-order valence-corrected chi connectivity index (χ0v) is 13.7. The molecule has 0 unspecified atom stereocenters. The van der Waals surface area contributed by atoms with Crippen LogP contribution >= 0.6 is 15.9 Å². The van der Waals surface area contributed by atoms with E-state index in [1.807, 2.05) is 24.3 Å². The van der Waals surface area contributed by atoms with Gasteiger partial charge in [0.15, 0.2) is 9.84 Å². The van der Waals surface area contributed by atoms with Crippen molar-refractivity contribution in [3.8, 4) is 0 Å². The molecule has 6 heteroatoms. The number of rotatable bonds is 4. The molecule has 0 saturated carbocycles. The minimum Gasteiger partial charge on any atom is -0.348 e. The molecule has 0 fully saturated rings. The van der Waals surface area contributed by atoms with Gasteiger partial charge >= 0.3 is 0 Å². The lowest BCUT2D eigenvalue weighted by Gasteiger charge is -2.07. The average molecular weight is 368 g/mol. The monoisotopic (exact) mass is 367 g/mol. The van der Waals surface area contributed by atoms with Crippen molar-refractivity contribution in [3.63, 3.8) is 0 Å². The number of hydrogen-bond donors (Lipinski definition) is 1. The average Bonchev–Trinajstić information content (AvgIpc) is 2.45. The van der Waals surface area contributed by atoms with E-state index in [0.717, 1.165) is 16.3 Å². The van der Waals surface area contributed by atoms with Crippen LogP contribution in [0, 0.1) is 0 Å². The van der Waals surface area contributed by atoms with E-state index >= 15 is 0 Å². The van der Waals surface area contributed by atoms with Gasteiger partial charge in [0.1, 0.15) is 0 Å². The van der Waals surface area contributed by atoms with Crippen LogP contribution in [0.1, 0.15) is 15.9 Å². The summed E-state index contributed by atoms with van der Waals surface area (Å²) in [5.74, 6) is -0.302. The van der Waals surface area contributed by atoms with Crippen LogP contribution in [0.4, 0.5) is 0 Å². The number of carbonyl (C=O) groups excluding carboxylic acids is 1. The van der Waals surface area contributed by atoms with E-state index in [4.69, 9.17) is 0 Å². The molecule has 0 atom stereocenters. The van der Waals surface area contributed by atoms with Crippen molar-refractivity contribution < 1.29 is 13.2 Å². The van der Waals surface area contributed by atoms with E-state index in [0.29, 0.717) is 12.1 Å². The standard InChI is InChI=1S/C15H14BrNO3S/c1-21(19,20)14-4-2-3-12(9-14)15(18)17-10-11-5-7-13(16)8-6-11/h2-9H,10H2,1H3,(H,17,18). The summed E-state index contributed by atoms with van der Waals surface area (Å²) in [4.78, 5) is 12.2. The highest BCUT2D eigenvalue weighted by Gasteiger charge is 2.11. The van der Waals surface area contributed by atoms with Crippen LogP contribution in [-0.4, -0.2) is 20.6 Å². The third-order valence-corrected chi connectivity index (χ3v) is 4.53. The molecule has 0 aliphatic carbocycles. The van der Waals surface area contributed by atoms with E-state index in [-0.39, 0.29) is 10.8 Å². The minimum atomic E-state index is -3.32. The molecule has 21 heavy (non-hydrogen) atoms. The van der Waals surface area contributed by atoms with Crippen LogP contribution in [0.2, 0.25) is 0 Å². The predicted octanol–water partition coefficient (Wildman–Crippen LogP) is 2.78. The van der Waals surface area contributed by atoms with Crippen molar-refractivity contribution in [3.05, 3.63) is 64.1 Å². The second-order valence-corrected chi connectivity index (χ2v) is 7.54. The fourth-order valence-electron chi connectivity index (χ4n) is 1.75. The summed E-state index contributed by atoms with van der Waals surface area (Å²) in [6.45, 7) is 0.384. The molecule has 110 valence electrons. The molecule has 0 aromatic heterocycles. The van der Waals surface area contributed by atoms with Crippen LogP contribution in [-0.2, 0) is 16.4 Å². The van der Waals surface area contributed by atoms with Gasteiger partial charge in [-0.3, -0.25) is 4.79 Å². The number of halogens is 1. The van der Waals surface area contributed by atoms with Gasteiger partial charge in [0.2, 0.25) is 0 Å². The summed E-state index contributed by atoms with van der Waals surface area (Å²) in [6, 6.07) is 13.6. The molecule has 0 bridgehead atoms. The molecule has 1 N–H and O–H groups in total. The molecule has 0 spiro atoms. The Morgan fingerprint density at radius 3 is 2.43 bits per heavy atom. The SMILES string of the molecule is CS(=O)(=O)c1cccc(C(=O)NCc2ccc(Br)cc2)c1. The van der Waals surface area contributed by atoms with Crippen LogP contribution in [0.15, 0.2) is 57.9 Å². The normalized spacial score (nSPS) is 11.1. The number of nitrogens with one attached hydrogen (secondary N) is 1. The Bertz CT molecular complexity index is 755. The summed E-state index contributed by atoms with van der Waals surface area (Å²) in [7, 11) is -3.32. The lowest BCUT2D eigenvalue weighted by Crippen LogP contribution is -2.22. The lowest BCUT2D eigenvalue weighted by molar-refractivity contribution is 0.0950. The largest absolute Gasteiger partial charge is 0.348 e. The summed E-state index contributed by atoms with van der Waals surface area (Å²) >= 11 is 3.34. The second-order valence-electron chi connectivity index (χ2n) is 4.61. The van der Waals surface area contributed by atoms with Crippen molar-refractivity contribution in [2.75, 3.05) is 6.26 Å². The van der Waals surface area contributed by atoms with E-state index < -0.39 is 9.84 Å². The molecule has 0 radical (unpaired) electrons. The first-order chi connectivity index (χ1) is 9.86. The Hall–Kier alpha value is -1.66.